The van der Waals surface area contributed by atoms with Crippen LogP contribution in [0, 0.1) is 11.3 Å². The smallest absolute Gasteiger partial charge is 0.344 e. The molecule has 0 aliphatic rings. The van der Waals surface area contributed by atoms with Crippen LogP contribution in [-0.4, -0.2) is 25.1 Å². The number of halogens is 2. The van der Waals surface area contributed by atoms with E-state index in [1.807, 2.05) is 43.3 Å². The number of hydrogen-bond acceptors (Lipinski definition) is 5. The van der Waals surface area contributed by atoms with Crippen LogP contribution in [0.5, 0.6) is 5.75 Å². The van der Waals surface area contributed by atoms with Gasteiger partial charge >= 0.3 is 5.97 Å². The van der Waals surface area contributed by atoms with Crippen molar-refractivity contribution in [2.24, 2.45) is 0 Å². The molecule has 6 nitrogen and oxygen atoms in total. The van der Waals surface area contributed by atoms with Crippen LogP contribution in [0.25, 0.3) is 6.08 Å². The lowest BCUT2D eigenvalue weighted by Crippen LogP contribution is -2.27. The highest BCUT2D eigenvalue weighted by atomic mass is 79.9. The molecule has 0 unspecified atom stereocenters. The fourth-order valence-corrected chi connectivity index (χ4v) is 4.00. The fourth-order valence-electron chi connectivity index (χ4n) is 2.55. The lowest BCUT2D eigenvalue weighted by Gasteiger charge is -2.14. The monoisotopic (exact) mass is 534 g/mol. The molecule has 1 N–H and O–H groups in total. The summed E-state index contributed by atoms with van der Waals surface area (Å²) in [6, 6.07) is 14.6. The predicted molar refractivity (Wildman–Crippen MR) is 121 cm³/mol. The molecule has 1 atom stereocenters. The van der Waals surface area contributed by atoms with Crippen molar-refractivity contribution >= 4 is 49.8 Å². The van der Waals surface area contributed by atoms with Crippen LogP contribution in [0.3, 0.4) is 0 Å². The summed E-state index contributed by atoms with van der Waals surface area (Å²) in [6.45, 7) is 3.61. The molecule has 2 aromatic carbocycles. The highest BCUT2D eigenvalue weighted by Gasteiger charge is 2.15. The second-order valence-electron chi connectivity index (χ2n) is 6.18. The van der Waals surface area contributed by atoms with E-state index in [1.165, 1.54) is 6.08 Å². The molecule has 0 heterocycles. The van der Waals surface area contributed by atoms with Crippen LogP contribution in [0.2, 0.25) is 0 Å². The summed E-state index contributed by atoms with van der Waals surface area (Å²) in [6.07, 6.45) is 1.48. The quantitative estimate of drug-likeness (QED) is 0.294. The second-order valence-corrected chi connectivity index (χ2v) is 7.89. The molecule has 0 radical (unpaired) electrons. The highest BCUT2D eigenvalue weighted by Crippen LogP contribution is 2.35. The number of nitrogens with zero attached hydrogens (tertiary/aromatic N) is 1. The van der Waals surface area contributed by atoms with E-state index in [1.54, 1.807) is 19.1 Å². The lowest BCUT2D eigenvalue weighted by atomic mass is 10.1. The van der Waals surface area contributed by atoms with Gasteiger partial charge in [0.1, 0.15) is 17.4 Å². The van der Waals surface area contributed by atoms with Crippen molar-refractivity contribution < 1.29 is 19.1 Å². The number of nitriles is 1. The van der Waals surface area contributed by atoms with Gasteiger partial charge < -0.3 is 14.8 Å². The Bertz CT molecular complexity index is 961. The number of hydrogen-bond donors (Lipinski definition) is 1. The van der Waals surface area contributed by atoms with Crippen LogP contribution in [-0.2, 0) is 14.3 Å². The number of rotatable bonds is 8. The average molecular weight is 536 g/mol. The standard InChI is InChI=1S/C22H20Br2N2O4/c1-3-29-20(27)13-30-21-18(23)10-15(11-19(21)24)9-17(12-25)22(28)26-14(2)16-7-5-4-6-8-16/h4-11,14H,3,13H2,1-2H3,(H,26,28)/b17-9-/t14-/m0/s1. The van der Waals surface area contributed by atoms with Crippen molar-refractivity contribution in [3.63, 3.8) is 0 Å². The summed E-state index contributed by atoms with van der Waals surface area (Å²) in [5.74, 6) is -0.527. The largest absolute Gasteiger partial charge is 0.480 e. The Morgan fingerprint density at radius 2 is 1.83 bits per heavy atom. The highest BCUT2D eigenvalue weighted by molar-refractivity contribution is 9.11. The number of nitrogens with one attached hydrogen (secondary N) is 1. The Morgan fingerprint density at radius 1 is 1.20 bits per heavy atom. The third kappa shape index (κ3) is 6.71. The van der Waals surface area contributed by atoms with Gasteiger partial charge in [-0.15, -0.1) is 0 Å². The molecule has 0 saturated carbocycles. The molecule has 0 aliphatic heterocycles. The zero-order valence-electron chi connectivity index (χ0n) is 16.4. The maximum Gasteiger partial charge on any atom is 0.344 e. The van der Waals surface area contributed by atoms with E-state index >= 15 is 0 Å². The SMILES string of the molecule is CCOC(=O)COc1c(Br)cc(/C=C(/C#N)C(=O)N[C@@H](C)c2ccccc2)cc1Br. The van der Waals surface area contributed by atoms with Gasteiger partial charge in [-0.05, 0) is 75.0 Å². The summed E-state index contributed by atoms with van der Waals surface area (Å²) in [4.78, 5) is 24.0. The van der Waals surface area contributed by atoms with Crippen molar-refractivity contribution in [1.82, 2.24) is 5.32 Å². The number of esters is 1. The molecule has 8 heteroatoms. The van der Waals surface area contributed by atoms with Crippen molar-refractivity contribution in [3.8, 4) is 11.8 Å². The average Bonchev–Trinajstić information content (AvgIpc) is 2.72. The molecule has 0 bridgehead atoms. The molecule has 0 fully saturated rings. The van der Waals surface area contributed by atoms with Gasteiger partial charge in [-0.1, -0.05) is 30.3 Å². The van der Waals surface area contributed by atoms with E-state index in [4.69, 9.17) is 9.47 Å². The zero-order chi connectivity index (χ0) is 22.1. The number of benzene rings is 2. The first kappa shape index (κ1) is 23.6. The summed E-state index contributed by atoms with van der Waals surface area (Å²) in [5, 5.41) is 12.3. The molecule has 1 amide bonds. The Morgan fingerprint density at radius 3 is 2.40 bits per heavy atom. The first-order valence-electron chi connectivity index (χ1n) is 9.10. The van der Waals surface area contributed by atoms with Crippen LogP contribution in [0.15, 0.2) is 57.0 Å². The Balaban J connectivity index is 2.16. The number of carbonyl (C=O) groups is 2. The summed E-state index contributed by atoms with van der Waals surface area (Å²) >= 11 is 6.77. The summed E-state index contributed by atoms with van der Waals surface area (Å²) < 4.78 is 11.4. The van der Waals surface area contributed by atoms with Crippen molar-refractivity contribution in [2.75, 3.05) is 13.2 Å². The molecule has 156 valence electrons. The van der Waals surface area contributed by atoms with Gasteiger partial charge in [0.2, 0.25) is 0 Å². The van der Waals surface area contributed by atoms with Crippen LogP contribution < -0.4 is 10.1 Å². The van der Waals surface area contributed by atoms with E-state index in [2.05, 4.69) is 37.2 Å². The maximum atomic E-state index is 12.5. The van der Waals surface area contributed by atoms with Gasteiger partial charge in [-0.3, -0.25) is 4.79 Å². The third-order valence-electron chi connectivity index (χ3n) is 3.98. The zero-order valence-corrected chi connectivity index (χ0v) is 19.6. The molecular formula is C22H20Br2N2O4. The van der Waals surface area contributed by atoms with Gasteiger partial charge in [-0.25, -0.2) is 4.79 Å². The topological polar surface area (TPSA) is 88.4 Å². The maximum absolute atomic E-state index is 12.5. The van der Waals surface area contributed by atoms with Gasteiger partial charge in [0.15, 0.2) is 6.61 Å². The van der Waals surface area contributed by atoms with E-state index in [0.29, 0.717) is 20.3 Å². The minimum Gasteiger partial charge on any atom is -0.480 e. The van der Waals surface area contributed by atoms with Gasteiger partial charge in [0.05, 0.1) is 21.6 Å². The first-order valence-corrected chi connectivity index (χ1v) is 10.7. The molecular weight excluding hydrogens is 516 g/mol. The van der Waals surface area contributed by atoms with Gasteiger partial charge in [0.25, 0.3) is 5.91 Å². The molecule has 0 spiro atoms. The van der Waals surface area contributed by atoms with E-state index in [9.17, 15) is 14.9 Å². The van der Waals surface area contributed by atoms with Gasteiger partial charge in [0, 0.05) is 0 Å². The summed E-state index contributed by atoms with van der Waals surface area (Å²) in [5.41, 5.74) is 1.52. The normalized spacial score (nSPS) is 11.9. The summed E-state index contributed by atoms with van der Waals surface area (Å²) in [7, 11) is 0. The second kappa shape index (κ2) is 11.5. The van der Waals surface area contributed by atoms with Crippen molar-refractivity contribution in [1.29, 1.82) is 5.26 Å². The predicted octanol–water partition coefficient (Wildman–Crippen LogP) is 4.94. The molecule has 2 aromatic rings. The van der Waals surface area contributed by atoms with Crippen LogP contribution in [0.4, 0.5) is 0 Å². The molecule has 0 aromatic heterocycles. The van der Waals surface area contributed by atoms with E-state index in [0.717, 1.165) is 5.56 Å². The van der Waals surface area contributed by atoms with Crippen LogP contribution in [0.1, 0.15) is 31.0 Å². The molecule has 2 rings (SSSR count). The molecule has 30 heavy (non-hydrogen) atoms. The number of amides is 1. The minimum atomic E-state index is -0.476. The van der Waals surface area contributed by atoms with Crippen molar-refractivity contribution in [3.05, 3.63) is 68.1 Å². The fraction of sp³-hybridized carbons (Fsp3) is 0.227. The first-order chi connectivity index (χ1) is 14.3. The molecule has 0 saturated heterocycles. The number of carbonyl (C=O) groups excluding carboxylic acids is 2. The Labute approximate surface area is 192 Å². The Kier molecular flexibility index (Phi) is 9.09. The van der Waals surface area contributed by atoms with Gasteiger partial charge in [-0.2, -0.15) is 5.26 Å². The lowest BCUT2D eigenvalue weighted by molar-refractivity contribution is -0.145. The van der Waals surface area contributed by atoms with E-state index in [-0.39, 0.29) is 24.8 Å². The third-order valence-corrected chi connectivity index (χ3v) is 5.16. The Hall–Kier alpha value is -2.63. The molecule has 0 aliphatic carbocycles. The van der Waals surface area contributed by atoms with Crippen LogP contribution >= 0.6 is 31.9 Å². The van der Waals surface area contributed by atoms with E-state index < -0.39 is 11.9 Å². The number of ether oxygens (including phenoxy) is 2. The van der Waals surface area contributed by atoms with Crippen molar-refractivity contribution in [2.45, 2.75) is 19.9 Å². The minimum absolute atomic E-state index is 0.0308.